The van der Waals surface area contributed by atoms with Gasteiger partial charge in [-0.3, -0.25) is 9.59 Å². The van der Waals surface area contributed by atoms with Gasteiger partial charge in [0.25, 0.3) is 0 Å². The molecule has 1 aliphatic rings. The van der Waals surface area contributed by atoms with Crippen molar-refractivity contribution in [1.29, 1.82) is 5.26 Å². The summed E-state index contributed by atoms with van der Waals surface area (Å²) in [6.07, 6.45) is 6.83. The maximum Gasteiger partial charge on any atom is 0.232 e. The lowest BCUT2D eigenvalue weighted by atomic mass is 9.73. The number of ether oxygens (including phenoxy) is 1. The lowest BCUT2D eigenvalue weighted by molar-refractivity contribution is -0.135. The highest BCUT2D eigenvalue weighted by molar-refractivity contribution is 5.88. The SMILES string of the molecule is CC[C@@]1(c2cccc(Oc3cc(C(C)(NC(C)=O)c4cncn4C)ccc3C#N)c2)CCCCN(C)C1=O. The summed E-state index contributed by atoms with van der Waals surface area (Å²) in [7, 11) is 3.74. The third-order valence-corrected chi connectivity index (χ3v) is 7.76. The number of nitrogens with one attached hydrogen (secondary N) is 1. The average Bonchev–Trinajstić information content (AvgIpc) is 3.28. The summed E-state index contributed by atoms with van der Waals surface area (Å²) in [5, 5.41) is 12.9. The standard InChI is InChI=1S/C30H35N5O3/c1-6-30(14-7-8-15-34(4)28(30)37)24-10-9-11-25(16-24)38-26-17-23(13-12-22(26)18-31)29(3,33-21(2)36)27-19-32-20-35(27)5/h9-13,16-17,19-20H,6-8,14-15H2,1-5H3,(H,33,36)/t29?,30-/m0/s1. The van der Waals surface area contributed by atoms with Gasteiger partial charge in [-0.15, -0.1) is 0 Å². The number of carbonyl (C=O) groups is 2. The molecule has 0 saturated carbocycles. The van der Waals surface area contributed by atoms with E-state index >= 15 is 0 Å². The lowest BCUT2D eigenvalue weighted by Crippen LogP contribution is -2.44. The van der Waals surface area contributed by atoms with E-state index in [0.717, 1.165) is 42.6 Å². The first kappa shape index (κ1) is 26.9. The first-order valence-corrected chi connectivity index (χ1v) is 13.0. The molecule has 0 aliphatic carbocycles. The smallest absolute Gasteiger partial charge is 0.232 e. The molecule has 8 heteroatoms. The van der Waals surface area contributed by atoms with Gasteiger partial charge in [0.05, 0.1) is 29.2 Å². The van der Waals surface area contributed by atoms with E-state index in [1.54, 1.807) is 24.7 Å². The lowest BCUT2D eigenvalue weighted by Gasteiger charge is -2.33. The number of aryl methyl sites for hydroxylation is 1. The Labute approximate surface area is 224 Å². The molecule has 3 aromatic rings. The minimum atomic E-state index is -0.908. The van der Waals surface area contributed by atoms with E-state index in [4.69, 9.17) is 4.74 Å². The van der Waals surface area contributed by atoms with Crippen molar-refractivity contribution in [2.45, 2.75) is 57.4 Å². The number of amides is 2. The van der Waals surface area contributed by atoms with E-state index in [1.165, 1.54) is 6.92 Å². The second kappa shape index (κ2) is 10.7. The summed E-state index contributed by atoms with van der Waals surface area (Å²) in [6, 6.07) is 15.1. The van der Waals surface area contributed by atoms with Gasteiger partial charge in [-0.25, -0.2) is 4.98 Å². The zero-order valence-corrected chi connectivity index (χ0v) is 22.7. The Bertz CT molecular complexity index is 1390. The molecule has 8 nitrogen and oxygen atoms in total. The first-order valence-electron chi connectivity index (χ1n) is 13.0. The second-order valence-electron chi connectivity index (χ2n) is 10.3. The van der Waals surface area contributed by atoms with Gasteiger partial charge < -0.3 is 19.5 Å². The quantitative estimate of drug-likeness (QED) is 0.490. The van der Waals surface area contributed by atoms with Crippen LogP contribution in [-0.4, -0.2) is 39.9 Å². The van der Waals surface area contributed by atoms with Gasteiger partial charge in [-0.05, 0) is 61.6 Å². The highest BCUT2D eigenvalue weighted by Gasteiger charge is 2.41. The zero-order valence-electron chi connectivity index (χ0n) is 22.7. The Balaban J connectivity index is 1.76. The van der Waals surface area contributed by atoms with Gasteiger partial charge in [0.15, 0.2) is 0 Å². The molecule has 1 saturated heterocycles. The van der Waals surface area contributed by atoms with Crippen LogP contribution in [0.3, 0.4) is 0 Å². The molecule has 1 unspecified atom stereocenters. The van der Waals surface area contributed by atoms with Crippen LogP contribution in [0.15, 0.2) is 55.0 Å². The third-order valence-electron chi connectivity index (χ3n) is 7.76. The topological polar surface area (TPSA) is 100 Å². The zero-order chi connectivity index (χ0) is 27.5. The fourth-order valence-electron chi connectivity index (χ4n) is 5.62. The Morgan fingerprint density at radius 1 is 1.24 bits per heavy atom. The maximum absolute atomic E-state index is 13.5. The normalized spacial score (nSPS) is 19.3. The summed E-state index contributed by atoms with van der Waals surface area (Å²) >= 11 is 0. The van der Waals surface area contributed by atoms with Crippen molar-refractivity contribution in [3.8, 4) is 17.6 Å². The third kappa shape index (κ3) is 4.89. The maximum atomic E-state index is 13.5. The summed E-state index contributed by atoms with van der Waals surface area (Å²) in [4.78, 5) is 31.7. The van der Waals surface area contributed by atoms with E-state index in [2.05, 4.69) is 23.3 Å². The summed E-state index contributed by atoms with van der Waals surface area (Å²) in [5.41, 5.74) is 1.30. The number of rotatable bonds is 7. The van der Waals surface area contributed by atoms with Gasteiger partial charge in [0.1, 0.15) is 23.1 Å². The van der Waals surface area contributed by atoms with Gasteiger partial charge in [0, 0.05) is 27.6 Å². The molecule has 1 aromatic heterocycles. The molecule has 198 valence electrons. The fourth-order valence-corrected chi connectivity index (χ4v) is 5.62. The van der Waals surface area contributed by atoms with Crippen molar-refractivity contribution < 1.29 is 14.3 Å². The van der Waals surface area contributed by atoms with Crippen molar-refractivity contribution in [3.05, 3.63) is 77.4 Å². The summed E-state index contributed by atoms with van der Waals surface area (Å²) < 4.78 is 8.17. The highest BCUT2D eigenvalue weighted by Crippen LogP contribution is 2.40. The van der Waals surface area contributed by atoms with Crippen LogP contribution in [-0.2, 0) is 27.6 Å². The van der Waals surface area contributed by atoms with Gasteiger partial charge in [-0.1, -0.05) is 31.5 Å². The molecule has 4 rings (SSSR count). The number of nitrogens with zero attached hydrogens (tertiary/aromatic N) is 4. The van der Waals surface area contributed by atoms with E-state index in [1.807, 2.05) is 60.8 Å². The molecule has 2 amide bonds. The fraction of sp³-hybridized carbons (Fsp3) is 0.400. The highest BCUT2D eigenvalue weighted by atomic mass is 16.5. The minimum Gasteiger partial charge on any atom is -0.456 e. The molecule has 0 radical (unpaired) electrons. The van der Waals surface area contributed by atoms with Gasteiger partial charge >= 0.3 is 0 Å². The molecule has 38 heavy (non-hydrogen) atoms. The second-order valence-corrected chi connectivity index (χ2v) is 10.3. The van der Waals surface area contributed by atoms with Crippen LogP contribution in [0.4, 0.5) is 0 Å². The average molecular weight is 514 g/mol. The van der Waals surface area contributed by atoms with E-state index < -0.39 is 11.0 Å². The van der Waals surface area contributed by atoms with Crippen LogP contribution in [0, 0.1) is 11.3 Å². The Morgan fingerprint density at radius 3 is 2.68 bits per heavy atom. The van der Waals surface area contributed by atoms with E-state index in [-0.39, 0.29) is 11.8 Å². The molecule has 2 aromatic carbocycles. The number of hydrogen-bond acceptors (Lipinski definition) is 5. The van der Waals surface area contributed by atoms with Crippen LogP contribution in [0.25, 0.3) is 0 Å². The molecule has 0 spiro atoms. The largest absolute Gasteiger partial charge is 0.456 e. The minimum absolute atomic E-state index is 0.136. The Morgan fingerprint density at radius 2 is 2.03 bits per heavy atom. The molecule has 1 aliphatic heterocycles. The predicted molar refractivity (Wildman–Crippen MR) is 145 cm³/mol. The molecular formula is C30H35N5O3. The number of aromatic nitrogens is 2. The van der Waals surface area contributed by atoms with Crippen molar-refractivity contribution in [2.75, 3.05) is 13.6 Å². The molecule has 1 fully saturated rings. The number of hydrogen-bond donors (Lipinski definition) is 1. The summed E-state index contributed by atoms with van der Waals surface area (Å²) in [6.45, 7) is 6.19. The molecule has 2 atom stereocenters. The Hall–Kier alpha value is -4.12. The molecule has 0 bridgehead atoms. The van der Waals surface area contributed by atoms with Crippen LogP contribution in [0.1, 0.15) is 68.8 Å². The van der Waals surface area contributed by atoms with Crippen molar-refractivity contribution >= 4 is 11.8 Å². The molecular weight excluding hydrogens is 478 g/mol. The van der Waals surface area contributed by atoms with Crippen LogP contribution >= 0.6 is 0 Å². The predicted octanol–water partition coefficient (Wildman–Crippen LogP) is 4.77. The summed E-state index contributed by atoms with van der Waals surface area (Å²) in [5.74, 6) is 0.855. The van der Waals surface area contributed by atoms with Crippen molar-refractivity contribution in [1.82, 2.24) is 19.8 Å². The number of likely N-dealkylation sites (tertiary alicyclic amines) is 1. The molecule has 1 N–H and O–H groups in total. The number of imidazole rings is 1. The van der Waals surface area contributed by atoms with E-state index in [9.17, 15) is 14.9 Å². The first-order chi connectivity index (χ1) is 18.1. The van der Waals surface area contributed by atoms with Crippen LogP contribution < -0.4 is 10.1 Å². The van der Waals surface area contributed by atoms with E-state index in [0.29, 0.717) is 23.5 Å². The van der Waals surface area contributed by atoms with Gasteiger partial charge in [-0.2, -0.15) is 5.26 Å². The monoisotopic (exact) mass is 513 g/mol. The number of benzene rings is 2. The van der Waals surface area contributed by atoms with Crippen LogP contribution in [0.2, 0.25) is 0 Å². The van der Waals surface area contributed by atoms with Gasteiger partial charge in [0.2, 0.25) is 11.8 Å². The van der Waals surface area contributed by atoms with Crippen molar-refractivity contribution in [3.63, 3.8) is 0 Å². The molecule has 2 heterocycles. The number of carbonyl (C=O) groups excluding carboxylic acids is 2. The number of nitriles is 1. The Kier molecular flexibility index (Phi) is 7.58. The number of likely N-dealkylation sites (N-methyl/N-ethyl adjacent to an activating group) is 1. The van der Waals surface area contributed by atoms with Crippen molar-refractivity contribution in [2.24, 2.45) is 7.05 Å². The van der Waals surface area contributed by atoms with Crippen LogP contribution in [0.5, 0.6) is 11.5 Å².